The van der Waals surface area contributed by atoms with Gasteiger partial charge < -0.3 is 15.0 Å². The molecule has 1 unspecified atom stereocenters. The number of amides is 2. The van der Waals surface area contributed by atoms with Crippen molar-refractivity contribution in [1.82, 2.24) is 10.2 Å². The predicted octanol–water partition coefficient (Wildman–Crippen LogP) is 6.28. The molecule has 0 bridgehead atoms. The number of anilines is 1. The molecule has 45 heavy (non-hydrogen) atoms. The van der Waals surface area contributed by atoms with Crippen LogP contribution in [0.3, 0.4) is 0 Å². The molecular formula is C34H35Cl2N3O5S. The summed E-state index contributed by atoms with van der Waals surface area (Å²) in [6.45, 7) is 3.25. The van der Waals surface area contributed by atoms with Crippen LogP contribution >= 0.6 is 23.2 Å². The van der Waals surface area contributed by atoms with Gasteiger partial charge in [-0.2, -0.15) is 0 Å². The summed E-state index contributed by atoms with van der Waals surface area (Å²) in [4.78, 5) is 29.5. The Balaban J connectivity index is 1.86. The van der Waals surface area contributed by atoms with Gasteiger partial charge in [0.2, 0.25) is 11.8 Å². The van der Waals surface area contributed by atoms with Gasteiger partial charge in [-0.1, -0.05) is 83.9 Å². The van der Waals surface area contributed by atoms with Crippen molar-refractivity contribution in [2.24, 2.45) is 0 Å². The molecule has 0 aliphatic heterocycles. The van der Waals surface area contributed by atoms with Crippen molar-refractivity contribution in [2.45, 2.75) is 37.8 Å². The third kappa shape index (κ3) is 8.36. The maximum atomic E-state index is 14.5. The molecule has 0 saturated carbocycles. The van der Waals surface area contributed by atoms with Crippen molar-refractivity contribution < 1.29 is 22.7 Å². The number of methoxy groups -OCH3 is 1. The lowest BCUT2D eigenvalue weighted by molar-refractivity contribution is -0.140. The molecule has 4 aromatic carbocycles. The normalized spacial score (nSPS) is 11.8. The maximum Gasteiger partial charge on any atom is 0.264 e. The Bertz CT molecular complexity index is 1740. The number of aryl methyl sites for hydroxylation is 1. The van der Waals surface area contributed by atoms with E-state index in [2.05, 4.69) is 5.32 Å². The predicted molar refractivity (Wildman–Crippen MR) is 178 cm³/mol. The zero-order valence-corrected chi connectivity index (χ0v) is 27.6. The summed E-state index contributed by atoms with van der Waals surface area (Å²) in [5, 5.41) is 3.56. The second kappa shape index (κ2) is 15.3. The maximum absolute atomic E-state index is 14.5. The summed E-state index contributed by atoms with van der Waals surface area (Å²) in [5.74, 6) is -0.730. The van der Waals surface area contributed by atoms with E-state index >= 15 is 0 Å². The summed E-state index contributed by atoms with van der Waals surface area (Å²) >= 11 is 12.7. The molecule has 0 radical (unpaired) electrons. The lowest BCUT2D eigenvalue weighted by Gasteiger charge is -2.34. The van der Waals surface area contributed by atoms with Crippen molar-refractivity contribution in [3.8, 4) is 5.75 Å². The molecule has 236 valence electrons. The van der Waals surface area contributed by atoms with Gasteiger partial charge in [0, 0.05) is 29.6 Å². The fourth-order valence-corrected chi connectivity index (χ4v) is 6.81. The highest BCUT2D eigenvalue weighted by molar-refractivity contribution is 7.92. The van der Waals surface area contributed by atoms with Crippen LogP contribution < -0.4 is 14.4 Å². The Morgan fingerprint density at radius 1 is 0.911 bits per heavy atom. The average molecular weight is 669 g/mol. The first-order valence-corrected chi connectivity index (χ1v) is 16.5. The van der Waals surface area contributed by atoms with Crippen molar-refractivity contribution in [3.63, 3.8) is 0 Å². The van der Waals surface area contributed by atoms with E-state index in [1.165, 1.54) is 24.1 Å². The molecule has 0 aliphatic rings. The number of hydrogen-bond acceptors (Lipinski definition) is 5. The summed E-state index contributed by atoms with van der Waals surface area (Å²) in [6.07, 6.45) is 0.183. The third-order valence-corrected chi connectivity index (χ3v) is 9.55. The summed E-state index contributed by atoms with van der Waals surface area (Å²) in [5.41, 5.74) is 2.32. The fourth-order valence-electron chi connectivity index (χ4n) is 4.91. The molecule has 0 heterocycles. The van der Waals surface area contributed by atoms with Gasteiger partial charge in [0.1, 0.15) is 18.3 Å². The fraction of sp³-hybridized carbons (Fsp3) is 0.235. The Labute approximate surface area is 274 Å². The minimum Gasteiger partial charge on any atom is -0.495 e. The second-order valence-corrected chi connectivity index (χ2v) is 13.1. The van der Waals surface area contributed by atoms with Crippen LogP contribution in [0.4, 0.5) is 5.69 Å². The number of carbonyl (C=O) groups is 2. The lowest BCUT2D eigenvalue weighted by Crippen LogP contribution is -2.53. The van der Waals surface area contributed by atoms with E-state index in [0.29, 0.717) is 22.2 Å². The topological polar surface area (TPSA) is 96.0 Å². The zero-order valence-electron chi connectivity index (χ0n) is 25.2. The van der Waals surface area contributed by atoms with Crippen LogP contribution in [0.5, 0.6) is 5.75 Å². The van der Waals surface area contributed by atoms with Gasteiger partial charge in [-0.05, 0) is 66.9 Å². The first-order chi connectivity index (χ1) is 21.5. The molecule has 0 aromatic heterocycles. The number of nitrogens with zero attached hydrogens (tertiary/aromatic N) is 2. The van der Waals surface area contributed by atoms with Crippen LogP contribution in [0.2, 0.25) is 10.0 Å². The summed E-state index contributed by atoms with van der Waals surface area (Å²) in [7, 11) is -2.84. The van der Waals surface area contributed by atoms with E-state index < -0.39 is 28.5 Å². The highest BCUT2D eigenvalue weighted by Gasteiger charge is 2.35. The Morgan fingerprint density at radius 2 is 1.58 bits per heavy atom. The molecule has 0 spiro atoms. The first-order valence-electron chi connectivity index (χ1n) is 14.3. The van der Waals surface area contributed by atoms with Gasteiger partial charge in [0.05, 0.1) is 17.7 Å². The number of nitrogens with one attached hydrogen (secondary N) is 1. The standard InChI is InChI=1S/C34H35Cl2N3O5S/c1-4-37-34(41)31(20-25-11-7-5-8-12-25)38(22-26-16-17-27(35)21-29(26)36)33(40)23-39(30-19-24(2)15-18-32(30)44-3)45(42,43)28-13-9-6-10-14-28/h5-19,21,31H,4,20,22-23H2,1-3H3,(H,37,41). The van der Waals surface area contributed by atoms with Crippen LogP contribution in [0.1, 0.15) is 23.6 Å². The van der Waals surface area contributed by atoms with Gasteiger partial charge in [0.15, 0.2) is 0 Å². The van der Waals surface area contributed by atoms with Crippen LogP contribution in [0, 0.1) is 6.92 Å². The molecule has 0 fully saturated rings. The summed E-state index contributed by atoms with van der Waals surface area (Å²) < 4.78 is 35.0. The second-order valence-electron chi connectivity index (χ2n) is 10.4. The number of carbonyl (C=O) groups excluding carboxylic acids is 2. The number of sulfonamides is 1. The number of rotatable bonds is 13. The van der Waals surface area contributed by atoms with Crippen LogP contribution in [-0.4, -0.2) is 51.4 Å². The third-order valence-electron chi connectivity index (χ3n) is 7.19. The smallest absolute Gasteiger partial charge is 0.264 e. The van der Waals surface area contributed by atoms with Gasteiger partial charge in [-0.15, -0.1) is 0 Å². The summed E-state index contributed by atoms with van der Waals surface area (Å²) in [6, 6.07) is 26.2. The number of benzene rings is 4. The zero-order chi connectivity index (χ0) is 32.6. The highest BCUT2D eigenvalue weighted by Crippen LogP contribution is 2.34. The highest BCUT2D eigenvalue weighted by atomic mass is 35.5. The minimum atomic E-state index is -4.27. The molecule has 4 rings (SSSR count). The number of halogens is 2. The average Bonchev–Trinajstić information content (AvgIpc) is 3.03. The number of ether oxygens (including phenoxy) is 1. The molecule has 4 aromatic rings. The van der Waals surface area contributed by atoms with Crippen molar-refractivity contribution >= 4 is 50.7 Å². The van der Waals surface area contributed by atoms with Crippen molar-refractivity contribution in [3.05, 3.63) is 124 Å². The molecule has 0 saturated heterocycles. The van der Waals surface area contributed by atoms with Crippen molar-refractivity contribution in [1.29, 1.82) is 0 Å². The van der Waals surface area contributed by atoms with Crippen LogP contribution in [0.25, 0.3) is 0 Å². The molecule has 1 atom stereocenters. The SMILES string of the molecule is CCNC(=O)C(Cc1ccccc1)N(Cc1ccc(Cl)cc1Cl)C(=O)CN(c1cc(C)ccc1OC)S(=O)(=O)c1ccccc1. The van der Waals surface area contributed by atoms with Gasteiger partial charge in [0.25, 0.3) is 10.0 Å². The Hall–Kier alpha value is -4.05. The number of hydrogen-bond donors (Lipinski definition) is 1. The Kier molecular flexibility index (Phi) is 11.5. The quantitative estimate of drug-likeness (QED) is 0.181. The van der Waals surface area contributed by atoms with Crippen LogP contribution in [-0.2, 0) is 32.6 Å². The van der Waals surface area contributed by atoms with E-state index in [9.17, 15) is 18.0 Å². The molecular weight excluding hydrogens is 633 g/mol. The molecule has 8 nitrogen and oxygen atoms in total. The number of likely N-dealkylation sites (N-methyl/N-ethyl adjacent to an activating group) is 1. The van der Waals surface area contributed by atoms with E-state index in [4.69, 9.17) is 27.9 Å². The Morgan fingerprint density at radius 3 is 2.20 bits per heavy atom. The van der Waals surface area contributed by atoms with E-state index in [1.54, 1.807) is 61.5 Å². The molecule has 0 aliphatic carbocycles. The van der Waals surface area contributed by atoms with Gasteiger partial charge in [-0.25, -0.2) is 8.42 Å². The largest absolute Gasteiger partial charge is 0.495 e. The van der Waals surface area contributed by atoms with Gasteiger partial charge >= 0.3 is 0 Å². The minimum absolute atomic E-state index is 0.00165. The first kappa shape index (κ1) is 33.8. The van der Waals surface area contributed by atoms with Crippen LogP contribution in [0.15, 0.2) is 102 Å². The van der Waals surface area contributed by atoms with Gasteiger partial charge in [-0.3, -0.25) is 13.9 Å². The lowest BCUT2D eigenvalue weighted by atomic mass is 10.0. The van der Waals surface area contributed by atoms with E-state index in [-0.39, 0.29) is 35.2 Å². The molecule has 1 N–H and O–H groups in total. The van der Waals surface area contributed by atoms with E-state index in [0.717, 1.165) is 15.4 Å². The molecule has 2 amide bonds. The monoisotopic (exact) mass is 667 g/mol. The van der Waals surface area contributed by atoms with E-state index in [1.807, 2.05) is 37.3 Å². The van der Waals surface area contributed by atoms with Crippen molar-refractivity contribution in [2.75, 3.05) is 24.5 Å². The molecule has 11 heteroatoms.